The molecule has 1 rings (SSSR count). The summed E-state index contributed by atoms with van der Waals surface area (Å²) in [6.07, 6.45) is 4.52. The van der Waals surface area contributed by atoms with Crippen molar-refractivity contribution in [2.45, 2.75) is 38.6 Å². The van der Waals surface area contributed by atoms with Gasteiger partial charge in [0, 0.05) is 6.04 Å². The van der Waals surface area contributed by atoms with Gasteiger partial charge in [0.05, 0.1) is 7.11 Å². The molecule has 1 unspecified atom stereocenters. The Hall–Kier alpha value is -0.730. The molecule has 0 aromatic carbocycles. The Morgan fingerprint density at radius 3 is 2.67 bits per heavy atom. The van der Waals surface area contributed by atoms with Crippen molar-refractivity contribution in [1.29, 1.82) is 0 Å². The van der Waals surface area contributed by atoms with Crippen LogP contribution < -0.4 is 5.32 Å². The van der Waals surface area contributed by atoms with Crippen LogP contribution in [0, 0.1) is 5.92 Å². The van der Waals surface area contributed by atoms with Crippen LogP contribution in [0.3, 0.4) is 0 Å². The summed E-state index contributed by atoms with van der Waals surface area (Å²) >= 11 is 0. The lowest BCUT2D eigenvalue weighted by Gasteiger charge is -2.33. The van der Waals surface area contributed by atoms with Gasteiger partial charge in [0.1, 0.15) is 0 Å². The van der Waals surface area contributed by atoms with E-state index in [2.05, 4.69) is 17.0 Å². The molecule has 3 nitrogen and oxygen atoms in total. The summed E-state index contributed by atoms with van der Waals surface area (Å²) < 4.78 is 4.55. The van der Waals surface area contributed by atoms with Crippen LogP contribution in [-0.2, 0) is 4.74 Å². The maximum Gasteiger partial charge on any atom is 0.407 e. The topological polar surface area (TPSA) is 38.3 Å². The molecular weight excluding hydrogens is 154 g/mol. The summed E-state index contributed by atoms with van der Waals surface area (Å²) in [6, 6.07) is 0.325. The molecule has 3 heteroatoms. The van der Waals surface area contributed by atoms with Gasteiger partial charge in [0.25, 0.3) is 0 Å². The summed E-state index contributed by atoms with van der Waals surface area (Å²) in [5, 5.41) is 2.86. The predicted octanol–water partition coefficient (Wildman–Crippen LogP) is 1.92. The zero-order chi connectivity index (χ0) is 8.97. The molecule has 0 radical (unpaired) electrons. The van der Waals surface area contributed by atoms with Gasteiger partial charge in [-0.15, -0.1) is 0 Å². The second kappa shape index (κ2) is 4.33. The van der Waals surface area contributed by atoms with Crippen LogP contribution >= 0.6 is 0 Å². The molecule has 70 valence electrons. The Balaban J connectivity index is 2.29. The van der Waals surface area contributed by atoms with E-state index in [4.69, 9.17) is 0 Å². The van der Waals surface area contributed by atoms with E-state index in [1.807, 2.05) is 0 Å². The highest BCUT2D eigenvalue weighted by Gasteiger charge is 2.27. The second-order valence-corrected chi connectivity index (χ2v) is 3.34. The first-order valence-corrected chi connectivity index (χ1v) is 4.62. The number of nitrogens with one attached hydrogen (secondary N) is 1. The Morgan fingerprint density at radius 2 is 2.33 bits per heavy atom. The molecule has 0 aliphatic heterocycles. The Kier molecular flexibility index (Phi) is 3.38. The lowest BCUT2D eigenvalue weighted by molar-refractivity contribution is 0.150. The second-order valence-electron chi connectivity index (χ2n) is 3.34. The maximum atomic E-state index is 10.9. The molecule has 1 saturated carbocycles. The van der Waals surface area contributed by atoms with Crippen LogP contribution in [0.1, 0.15) is 32.6 Å². The number of methoxy groups -OCH3 is 1. The minimum Gasteiger partial charge on any atom is -0.453 e. The molecule has 0 bridgehead atoms. The number of amides is 1. The number of hydrogen-bond donors (Lipinski definition) is 1. The van der Waals surface area contributed by atoms with Gasteiger partial charge in [-0.25, -0.2) is 4.79 Å². The average Bonchev–Trinajstić information content (AvgIpc) is 1.99. The van der Waals surface area contributed by atoms with Gasteiger partial charge in [-0.1, -0.05) is 13.3 Å². The van der Waals surface area contributed by atoms with E-state index in [1.54, 1.807) is 0 Å². The first kappa shape index (κ1) is 9.36. The van der Waals surface area contributed by atoms with E-state index in [9.17, 15) is 4.79 Å². The van der Waals surface area contributed by atoms with Crippen molar-refractivity contribution in [3.63, 3.8) is 0 Å². The highest BCUT2D eigenvalue weighted by Crippen LogP contribution is 2.30. The van der Waals surface area contributed by atoms with E-state index >= 15 is 0 Å². The zero-order valence-electron chi connectivity index (χ0n) is 7.80. The normalized spacial score (nSPS) is 19.5. The summed E-state index contributed by atoms with van der Waals surface area (Å²) in [6.45, 7) is 2.10. The average molecular weight is 171 g/mol. The quantitative estimate of drug-likeness (QED) is 0.704. The van der Waals surface area contributed by atoms with Crippen LogP contribution in [-0.4, -0.2) is 19.2 Å². The molecule has 1 N–H and O–H groups in total. The SMILES string of the molecule is CCC(NC(=O)OC)C1CCC1. The molecule has 1 aliphatic rings. The minimum absolute atomic E-state index is 0.297. The van der Waals surface area contributed by atoms with Gasteiger partial charge >= 0.3 is 6.09 Å². The Labute approximate surface area is 73.5 Å². The smallest absolute Gasteiger partial charge is 0.407 e. The van der Waals surface area contributed by atoms with Crippen molar-refractivity contribution in [2.75, 3.05) is 7.11 Å². The molecule has 0 spiro atoms. The maximum absolute atomic E-state index is 10.9. The van der Waals surface area contributed by atoms with Crippen LogP contribution in [0.15, 0.2) is 0 Å². The largest absolute Gasteiger partial charge is 0.453 e. The standard InChI is InChI=1S/C9H17NO2/c1-3-8(7-5-4-6-7)10-9(11)12-2/h7-8H,3-6H2,1-2H3,(H,10,11). The van der Waals surface area contributed by atoms with Crippen molar-refractivity contribution in [3.8, 4) is 0 Å². The number of rotatable bonds is 3. The number of hydrogen-bond acceptors (Lipinski definition) is 2. The van der Waals surface area contributed by atoms with Gasteiger partial charge in [-0.3, -0.25) is 0 Å². The summed E-state index contributed by atoms with van der Waals surface area (Å²) in [4.78, 5) is 10.9. The predicted molar refractivity (Wildman–Crippen MR) is 47.0 cm³/mol. The van der Waals surface area contributed by atoms with Gasteiger partial charge < -0.3 is 10.1 Å². The zero-order valence-corrected chi connectivity index (χ0v) is 7.80. The molecule has 0 aromatic heterocycles. The molecule has 1 fully saturated rings. The monoisotopic (exact) mass is 171 g/mol. The molecule has 1 atom stereocenters. The highest BCUT2D eigenvalue weighted by atomic mass is 16.5. The molecule has 1 aliphatic carbocycles. The van der Waals surface area contributed by atoms with Gasteiger partial charge in [0.2, 0.25) is 0 Å². The summed E-state index contributed by atoms with van der Waals surface area (Å²) in [5.74, 6) is 0.689. The van der Waals surface area contributed by atoms with Crippen molar-refractivity contribution in [3.05, 3.63) is 0 Å². The Morgan fingerprint density at radius 1 is 1.67 bits per heavy atom. The molecule has 12 heavy (non-hydrogen) atoms. The van der Waals surface area contributed by atoms with E-state index in [-0.39, 0.29) is 6.09 Å². The van der Waals surface area contributed by atoms with Crippen LogP contribution in [0.5, 0.6) is 0 Å². The fourth-order valence-electron chi connectivity index (χ4n) is 1.61. The van der Waals surface area contributed by atoms with Crippen molar-refractivity contribution in [1.82, 2.24) is 5.32 Å². The van der Waals surface area contributed by atoms with E-state index in [1.165, 1.54) is 26.4 Å². The molecule has 0 aromatic rings. The molecule has 0 heterocycles. The first-order valence-electron chi connectivity index (χ1n) is 4.62. The number of carbonyl (C=O) groups excluding carboxylic acids is 1. The highest BCUT2D eigenvalue weighted by molar-refractivity contribution is 5.67. The third-order valence-corrected chi connectivity index (χ3v) is 2.65. The van der Waals surface area contributed by atoms with Crippen molar-refractivity contribution < 1.29 is 9.53 Å². The van der Waals surface area contributed by atoms with E-state index in [0.29, 0.717) is 12.0 Å². The van der Waals surface area contributed by atoms with Crippen LogP contribution in [0.25, 0.3) is 0 Å². The fraction of sp³-hybridized carbons (Fsp3) is 0.889. The van der Waals surface area contributed by atoms with Gasteiger partial charge in [-0.05, 0) is 25.2 Å². The van der Waals surface area contributed by atoms with E-state index < -0.39 is 0 Å². The summed E-state index contributed by atoms with van der Waals surface area (Å²) in [5.41, 5.74) is 0. The first-order chi connectivity index (χ1) is 5.77. The number of carbonyl (C=O) groups is 1. The number of ether oxygens (including phenoxy) is 1. The molecule has 1 amide bonds. The number of alkyl carbamates (subject to hydrolysis) is 1. The third kappa shape index (κ3) is 2.13. The summed E-state index contributed by atoms with van der Waals surface area (Å²) in [7, 11) is 1.41. The molecule has 0 saturated heterocycles. The van der Waals surface area contributed by atoms with Crippen molar-refractivity contribution >= 4 is 6.09 Å². The fourth-order valence-corrected chi connectivity index (χ4v) is 1.61. The van der Waals surface area contributed by atoms with Crippen LogP contribution in [0.4, 0.5) is 4.79 Å². The van der Waals surface area contributed by atoms with Gasteiger partial charge in [0.15, 0.2) is 0 Å². The minimum atomic E-state index is -0.297. The van der Waals surface area contributed by atoms with Gasteiger partial charge in [-0.2, -0.15) is 0 Å². The Bertz CT molecular complexity index is 155. The van der Waals surface area contributed by atoms with Crippen molar-refractivity contribution in [2.24, 2.45) is 5.92 Å². The lowest BCUT2D eigenvalue weighted by atomic mass is 9.79. The molecular formula is C9H17NO2. The third-order valence-electron chi connectivity index (χ3n) is 2.65. The van der Waals surface area contributed by atoms with Crippen LogP contribution in [0.2, 0.25) is 0 Å². The lowest BCUT2D eigenvalue weighted by Crippen LogP contribution is -2.42. The van der Waals surface area contributed by atoms with E-state index in [0.717, 1.165) is 6.42 Å².